The van der Waals surface area contributed by atoms with Crippen LogP contribution in [0.4, 0.5) is 11.4 Å². The first-order valence-corrected chi connectivity index (χ1v) is 10.1. The molecular formula is C24H19ClN4O3. The second-order valence-corrected chi connectivity index (χ2v) is 7.43. The maximum Gasteiger partial charge on any atom is 0.272 e. The molecule has 4 aromatic rings. The molecule has 1 N–H and O–H groups in total. The van der Waals surface area contributed by atoms with Crippen LogP contribution in [0.5, 0.6) is 11.5 Å². The molecule has 0 unspecified atom stereocenters. The summed E-state index contributed by atoms with van der Waals surface area (Å²) >= 11 is 6.43. The average molecular weight is 447 g/mol. The maximum atomic E-state index is 12.8. The lowest BCUT2D eigenvalue weighted by atomic mass is 10.1. The van der Waals surface area contributed by atoms with Crippen molar-refractivity contribution in [3.8, 4) is 17.6 Å². The molecule has 0 aliphatic carbocycles. The van der Waals surface area contributed by atoms with Crippen molar-refractivity contribution < 1.29 is 9.47 Å². The summed E-state index contributed by atoms with van der Waals surface area (Å²) in [7, 11) is 3.27. The van der Waals surface area contributed by atoms with Crippen LogP contribution in [0.1, 0.15) is 11.3 Å². The van der Waals surface area contributed by atoms with Crippen molar-refractivity contribution in [1.29, 1.82) is 5.26 Å². The number of H-pyrrole nitrogens is 1. The van der Waals surface area contributed by atoms with Gasteiger partial charge in [0.05, 0.1) is 28.9 Å². The Morgan fingerprint density at radius 3 is 2.72 bits per heavy atom. The Bertz CT molecular complexity index is 1380. The molecule has 0 fully saturated rings. The largest absolute Gasteiger partial charge is 0.495 e. The highest BCUT2D eigenvalue weighted by molar-refractivity contribution is 6.32. The minimum Gasteiger partial charge on any atom is -0.495 e. The number of aromatic amines is 1. The second kappa shape index (κ2) is 9.00. The van der Waals surface area contributed by atoms with Crippen molar-refractivity contribution in [1.82, 2.24) is 9.97 Å². The molecule has 0 bridgehead atoms. The minimum atomic E-state index is -0.277. The van der Waals surface area contributed by atoms with Gasteiger partial charge in [0.15, 0.2) is 0 Å². The van der Waals surface area contributed by atoms with Crippen molar-refractivity contribution in [2.75, 3.05) is 19.1 Å². The Hall–Kier alpha value is -4.02. The summed E-state index contributed by atoms with van der Waals surface area (Å²) in [5, 5.41) is 10.4. The van der Waals surface area contributed by atoms with Gasteiger partial charge in [0, 0.05) is 36.5 Å². The summed E-state index contributed by atoms with van der Waals surface area (Å²) in [6.45, 7) is 0.262. The first-order valence-electron chi connectivity index (χ1n) is 9.71. The molecular weight excluding hydrogens is 428 g/mol. The number of fused-ring (bicyclic) bond motifs is 1. The fourth-order valence-electron chi connectivity index (χ4n) is 3.31. The van der Waals surface area contributed by atoms with Gasteiger partial charge >= 0.3 is 0 Å². The van der Waals surface area contributed by atoms with Gasteiger partial charge in [-0.25, -0.2) is 0 Å². The number of ether oxygens (including phenoxy) is 2. The Morgan fingerprint density at radius 2 is 2.00 bits per heavy atom. The number of pyridine rings is 2. The molecule has 0 saturated carbocycles. The van der Waals surface area contributed by atoms with Crippen molar-refractivity contribution in [3.63, 3.8) is 0 Å². The third-order valence-electron chi connectivity index (χ3n) is 5.03. The van der Waals surface area contributed by atoms with Crippen LogP contribution in [0.2, 0.25) is 5.02 Å². The first-order chi connectivity index (χ1) is 15.5. The van der Waals surface area contributed by atoms with Crippen molar-refractivity contribution in [2.24, 2.45) is 0 Å². The van der Waals surface area contributed by atoms with Crippen LogP contribution in [0, 0.1) is 11.3 Å². The number of hydrogen-bond donors (Lipinski definition) is 1. The van der Waals surface area contributed by atoms with Crippen molar-refractivity contribution in [3.05, 3.63) is 87.4 Å². The number of nitrogens with zero attached hydrogens (tertiary/aromatic N) is 3. The molecule has 0 amide bonds. The number of halogens is 1. The number of nitriles is 1. The van der Waals surface area contributed by atoms with Gasteiger partial charge in [0.1, 0.15) is 29.9 Å². The van der Waals surface area contributed by atoms with E-state index in [4.69, 9.17) is 21.1 Å². The van der Waals surface area contributed by atoms with E-state index >= 15 is 0 Å². The van der Waals surface area contributed by atoms with E-state index in [0.717, 1.165) is 11.1 Å². The molecule has 32 heavy (non-hydrogen) atoms. The Morgan fingerprint density at radius 1 is 1.16 bits per heavy atom. The third-order valence-corrected chi connectivity index (χ3v) is 5.33. The van der Waals surface area contributed by atoms with Gasteiger partial charge in [-0.3, -0.25) is 9.78 Å². The number of hydrogen-bond acceptors (Lipinski definition) is 6. The summed E-state index contributed by atoms with van der Waals surface area (Å²) in [5.41, 5.74) is 2.63. The van der Waals surface area contributed by atoms with E-state index in [0.29, 0.717) is 39.0 Å². The van der Waals surface area contributed by atoms with E-state index in [-0.39, 0.29) is 12.2 Å². The molecule has 0 aliphatic heterocycles. The number of anilines is 2. The Labute approximate surface area is 189 Å². The van der Waals surface area contributed by atoms with Gasteiger partial charge < -0.3 is 19.4 Å². The van der Waals surface area contributed by atoms with Crippen molar-refractivity contribution in [2.45, 2.75) is 6.61 Å². The highest BCUT2D eigenvalue weighted by atomic mass is 35.5. The standard InChI is InChI=1S/C24H19ClN4O3/c1-29(18-7-6-15(13-26)22(11-18)31-2)21-10-16-9-19(25)23(12-20(16)28-24(21)30)32-14-17-5-3-4-8-27-17/h3-12H,14H2,1-2H3,(H,28,30). The SMILES string of the molecule is COc1cc(N(C)c2cc3cc(Cl)c(OCc4ccccn4)cc3[nH]c2=O)ccc1C#N. The minimum absolute atomic E-state index is 0.262. The molecule has 2 aromatic heterocycles. The second-order valence-electron chi connectivity index (χ2n) is 7.02. The van der Waals surface area contributed by atoms with Crippen molar-refractivity contribution >= 4 is 33.9 Å². The molecule has 160 valence electrons. The molecule has 0 radical (unpaired) electrons. The highest BCUT2D eigenvalue weighted by Crippen LogP contribution is 2.32. The summed E-state index contributed by atoms with van der Waals surface area (Å²) in [6.07, 6.45) is 1.69. The zero-order valence-electron chi connectivity index (χ0n) is 17.4. The van der Waals surface area contributed by atoms with Crippen LogP contribution >= 0.6 is 11.6 Å². The fourth-order valence-corrected chi connectivity index (χ4v) is 3.54. The average Bonchev–Trinajstić information content (AvgIpc) is 2.82. The molecule has 7 nitrogen and oxygen atoms in total. The van der Waals surface area contributed by atoms with E-state index in [9.17, 15) is 10.1 Å². The van der Waals surface area contributed by atoms with Crippen LogP contribution in [0.25, 0.3) is 10.9 Å². The van der Waals surface area contributed by atoms with Gasteiger partial charge in [-0.05, 0) is 36.4 Å². The monoisotopic (exact) mass is 446 g/mol. The van der Waals surface area contributed by atoms with E-state index in [2.05, 4.69) is 16.0 Å². The van der Waals surface area contributed by atoms with E-state index in [1.54, 1.807) is 54.5 Å². The smallest absolute Gasteiger partial charge is 0.272 e. The lowest BCUT2D eigenvalue weighted by Crippen LogP contribution is -2.20. The number of rotatable bonds is 6. The lowest BCUT2D eigenvalue weighted by molar-refractivity contribution is 0.302. The predicted molar refractivity (Wildman–Crippen MR) is 124 cm³/mol. The topological polar surface area (TPSA) is 91.2 Å². The summed E-state index contributed by atoms with van der Waals surface area (Å²) in [5.74, 6) is 0.894. The first kappa shape index (κ1) is 21.2. The zero-order chi connectivity index (χ0) is 22.7. The van der Waals surface area contributed by atoms with Gasteiger partial charge in [-0.15, -0.1) is 0 Å². The van der Waals surface area contributed by atoms with Crippen LogP contribution in [-0.2, 0) is 6.61 Å². The Kier molecular flexibility index (Phi) is 5.97. The summed E-state index contributed by atoms with van der Waals surface area (Å²) < 4.78 is 11.1. The zero-order valence-corrected chi connectivity index (χ0v) is 18.2. The third kappa shape index (κ3) is 4.22. The van der Waals surface area contributed by atoms with E-state index in [1.165, 1.54) is 7.11 Å². The molecule has 2 aromatic carbocycles. The quantitative estimate of drug-likeness (QED) is 0.457. The Balaban J connectivity index is 1.66. The fraction of sp³-hybridized carbons (Fsp3) is 0.125. The maximum absolute atomic E-state index is 12.8. The lowest BCUT2D eigenvalue weighted by Gasteiger charge is -2.20. The van der Waals surface area contributed by atoms with E-state index in [1.807, 2.05) is 18.2 Å². The number of nitrogens with one attached hydrogen (secondary N) is 1. The summed E-state index contributed by atoms with van der Waals surface area (Å²) in [6, 6.07) is 18.0. The van der Waals surface area contributed by atoms with Gasteiger partial charge in [0.2, 0.25) is 0 Å². The molecule has 0 saturated heterocycles. The highest BCUT2D eigenvalue weighted by Gasteiger charge is 2.14. The molecule has 0 atom stereocenters. The van der Waals surface area contributed by atoms with Gasteiger partial charge in [-0.1, -0.05) is 17.7 Å². The number of benzene rings is 2. The van der Waals surface area contributed by atoms with Gasteiger partial charge in [0.25, 0.3) is 5.56 Å². The number of methoxy groups -OCH3 is 1. The molecule has 2 heterocycles. The normalized spacial score (nSPS) is 10.6. The molecule has 0 aliphatic rings. The van der Waals surface area contributed by atoms with Crippen LogP contribution < -0.4 is 19.9 Å². The van der Waals surface area contributed by atoms with E-state index < -0.39 is 0 Å². The predicted octanol–water partition coefficient (Wildman–Crippen LogP) is 4.80. The molecule has 8 heteroatoms. The van der Waals surface area contributed by atoms with Crippen LogP contribution in [0.3, 0.4) is 0 Å². The van der Waals surface area contributed by atoms with Gasteiger partial charge in [-0.2, -0.15) is 5.26 Å². The molecule has 0 spiro atoms. The van der Waals surface area contributed by atoms with Crippen LogP contribution in [-0.4, -0.2) is 24.1 Å². The molecule has 4 rings (SSSR count). The summed E-state index contributed by atoms with van der Waals surface area (Å²) in [4.78, 5) is 21.7. The van der Waals surface area contributed by atoms with Crippen LogP contribution in [0.15, 0.2) is 65.6 Å². The number of aromatic nitrogens is 2.